The van der Waals surface area contributed by atoms with Crippen LogP contribution in [0.15, 0.2) is 24.3 Å². The molecule has 0 aromatic heterocycles. The van der Waals surface area contributed by atoms with Crippen molar-refractivity contribution >= 4 is 6.29 Å². The number of methoxy groups -OCH3 is 1. The van der Waals surface area contributed by atoms with Crippen LogP contribution in [0, 0.1) is 0 Å². The molecule has 1 aromatic carbocycles. The van der Waals surface area contributed by atoms with Crippen LogP contribution < -0.4 is 0 Å². The summed E-state index contributed by atoms with van der Waals surface area (Å²) < 4.78 is 5.31. The van der Waals surface area contributed by atoms with Crippen molar-refractivity contribution < 1.29 is 9.53 Å². The Morgan fingerprint density at radius 2 is 1.73 bits per heavy atom. The Kier molecular flexibility index (Phi) is 5.87. The zero-order valence-electron chi connectivity index (χ0n) is 10.2. The molecule has 0 heterocycles. The van der Waals surface area contributed by atoms with Crippen molar-refractivity contribution in [3.05, 3.63) is 35.4 Å². The van der Waals surface area contributed by atoms with Crippen LogP contribution in [0.5, 0.6) is 0 Å². The molecule has 2 nitrogen and oxygen atoms in total. The molecule has 0 atom stereocenters. The average Bonchev–Trinajstić information content (AvgIpc) is 2.31. The number of hydrogen-bond acceptors (Lipinski definition) is 2. The first-order chi connectivity index (χ1) is 7.11. The second-order valence-electron chi connectivity index (χ2n) is 3.42. The molecular weight excluding hydrogens is 188 g/mol. The first-order valence-corrected chi connectivity index (χ1v) is 5.21. The molecule has 0 bridgehead atoms. The van der Waals surface area contributed by atoms with E-state index in [1.165, 1.54) is 0 Å². The highest BCUT2D eigenvalue weighted by atomic mass is 16.5. The summed E-state index contributed by atoms with van der Waals surface area (Å²) in [7, 11) is 1.64. The summed E-state index contributed by atoms with van der Waals surface area (Å²) in [5.41, 5.74) is 1.21. The van der Waals surface area contributed by atoms with Gasteiger partial charge in [0.1, 0.15) is 6.29 Å². The van der Waals surface area contributed by atoms with Gasteiger partial charge in [-0.1, -0.05) is 38.1 Å². The van der Waals surface area contributed by atoms with E-state index in [9.17, 15) is 4.79 Å². The molecule has 0 aliphatic rings. The quantitative estimate of drug-likeness (QED) is 0.711. The van der Waals surface area contributed by atoms with Crippen molar-refractivity contribution in [3.8, 4) is 0 Å². The van der Waals surface area contributed by atoms with E-state index in [2.05, 4.69) is 0 Å². The van der Waals surface area contributed by atoms with Crippen molar-refractivity contribution in [2.75, 3.05) is 7.11 Å². The van der Waals surface area contributed by atoms with E-state index in [0.29, 0.717) is 5.56 Å². The highest BCUT2D eigenvalue weighted by molar-refractivity contribution is 5.77. The maximum absolute atomic E-state index is 10.7. The minimum absolute atomic E-state index is 0.405. The summed E-state index contributed by atoms with van der Waals surface area (Å²) in [5.74, 6) is 0. The Morgan fingerprint density at radius 1 is 1.20 bits per heavy atom. The lowest BCUT2D eigenvalue weighted by atomic mass is 9.93. The lowest BCUT2D eigenvalue weighted by Gasteiger charge is -2.24. The highest BCUT2D eigenvalue weighted by Gasteiger charge is 2.21. The fraction of sp³-hybridized carbons (Fsp3) is 0.462. The van der Waals surface area contributed by atoms with Gasteiger partial charge < -0.3 is 4.74 Å². The van der Waals surface area contributed by atoms with Gasteiger partial charge >= 0.3 is 0 Å². The first kappa shape index (κ1) is 13.8. The molecule has 0 saturated carbocycles. The molecule has 0 fully saturated rings. The molecule has 1 aromatic rings. The number of rotatable bonds is 3. The van der Waals surface area contributed by atoms with E-state index in [1.807, 2.05) is 45.9 Å². The number of carbonyl (C=O) groups excluding carboxylic acids is 1. The number of aldehydes is 1. The van der Waals surface area contributed by atoms with E-state index in [1.54, 1.807) is 13.2 Å². The Hall–Kier alpha value is -1.15. The van der Waals surface area contributed by atoms with Crippen LogP contribution >= 0.6 is 0 Å². The molecule has 1 rings (SSSR count). The number of hydrogen-bond donors (Lipinski definition) is 0. The third kappa shape index (κ3) is 3.48. The monoisotopic (exact) mass is 208 g/mol. The molecule has 0 N–H and O–H groups in total. The summed E-state index contributed by atoms with van der Waals surface area (Å²) in [5, 5.41) is 0. The number of ether oxygens (including phenoxy) is 1. The third-order valence-electron chi connectivity index (χ3n) is 2.25. The van der Waals surface area contributed by atoms with Crippen molar-refractivity contribution in [3.63, 3.8) is 0 Å². The molecule has 2 heteroatoms. The standard InChI is InChI=1S/C11H14O2.C2H6/c1-11(2,13-3)10-7-5-4-6-9(10)8-12;1-2/h4-8H,1-3H3;1-2H3. The zero-order valence-corrected chi connectivity index (χ0v) is 10.2. The summed E-state index contributed by atoms with van der Waals surface area (Å²) in [6.07, 6.45) is 0.857. The first-order valence-electron chi connectivity index (χ1n) is 5.21. The topological polar surface area (TPSA) is 26.3 Å². The second kappa shape index (κ2) is 6.36. The molecule has 84 valence electrons. The van der Waals surface area contributed by atoms with Crippen LogP contribution in [-0.4, -0.2) is 13.4 Å². The Bertz CT molecular complexity index is 303. The summed E-state index contributed by atoms with van der Waals surface area (Å²) in [4.78, 5) is 10.7. The van der Waals surface area contributed by atoms with E-state index in [0.717, 1.165) is 11.8 Å². The Labute approximate surface area is 92.3 Å². The van der Waals surface area contributed by atoms with Crippen LogP contribution in [0.4, 0.5) is 0 Å². The van der Waals surface area contributed by atoms with E-state index in [4.69, 9.17) is 4.74 Å². The van der Waals surface area contributed by atoms with Crippen LogP contribution in [0.3, 0.4) is 0 Å². The van der Waals surface area contributed by atoms with Gasteiger partial charge in [0.2, 0.25) is 0 Å². The van der Waals surface area contributed by atoms with Gasteiger partial charge in [-0.15, -0.1) is 0 Å². The predicted octanol–water partition coefficient (Wildman–Crippen LogP) is 3.41. The minimum Gasteiger partial charge on any atom is -0.374 e. The fourth-order valence-electron chi connectivity index (χ4n) is 1.26. The van der Waals surface area contributed by atoms with Gasteiger partial charge in [-0.05, 0) is 19.4 Å². The Balaban J connectivity index is 0.000000921. The SMILES string of the molecule is CC.COC(C)(C)c1ccccc1C=O. The third-order valence-corrected chi connectivity index (χ3v) is 2.25. The lowest BCUT2D eigenvalue weighted by molar-refractivity contribution is 0.0187. The highest BCUT2D eigenvalue weighted by Crippen LogP contribution is 2.25. The summed E-state index contributed by atoms with van der Waals surface area (Å²) in [6.45, 7) is 7.88. The maximum atomic E-state index is 10.7. The summed E-state index contributed by atoms with van der Waals surface area (Å²) >= 11 is 0. The van der Waals surface area contributed by atoms with Crippen molar-refractivity contribution in [1.29, 1.82) is 0 Å². The molecule has 0 radical (unpaired) electrons. The second-order valence-corrected chi connectivity index (χ2v) is 3.42. The van der Waals surface area contributed by atoms with Crippen LogP contribution in [-0.2, 0) is 10.3 Å². The van der Waals surface area contributed by atoms with E-state index < -0.39 is 5.60 Å². The molecular formula is C13H20O2. The minimum atomic E-state index is -0.405. The molecule has 0 unspecified atom stereocenters. The van der Waals surface area contributed by atoms with Crippen LogP contribution in [0.25, 0.3) is 0 Å². The van der Waals surface area contributed by atoms with Crippen LogP contribution in [0.1, 0.15) is 43.6 Å². The van der Waals surface area contributed by atoms with Gasteiger partial charge in [-0.2, -0.15) is 0 Å². The van der Waals surface area contributed by atoms with E-state index >= 15 is 0 Å². The van der Waals surface area contributed by atoms with E-state index in [-0.39, 0.29) is 0 Å². The van der Waals surface area contributed by atoms with Crippen molar-refractivity contribution in [1.82, 2.24) is 0 Å². The Morgan fingerprint density at radius 3 is 2.20 bits per heavy atom. The zero-order chi connectivity index (χ0) is 11.9. The van der Waals surface area contributed by atoms with Gasteiger partial charge in [0.15, 0.2) is 0 Å². The molecule has 0 saturated heterocycles. The van der Waals surface area contributed by atoms with Crippen molar-refractivity contribution in [2.45, 2.75) is 33.3 Å². The fourth-order valence-corrected chi connectivity index (χ4v) is 1.26. The molecule has 0 aliphatic carbocycles. The normalized spacial score (nSPS) is 10.2. The van der Waals surface area contributed by atoms with Gasteiger partial charge in [0, 0.05) is 12.7 Å². The van der Waals surface area contributed by atoms with Gasteiger partial charge in [0.05, 0.1) is 5.60 Å². The number of carbonyl (C=O) groups is 1. The van der Waals surface area contributed by atoms with Gasteiger partial charge in [-0.3, -0.25) is 4.79 Å². The lowest BCUT2D eigenvalue weighted by Crippen LogP contribution is -2.21. The van der Waals surface area contributed by atoms with Crippen LogP contribution in [0.2, 0.25) is 0 Å². The molecule has 0 spiro atoms. The smallest absolute Gasteiger partial charge is 0.150 e. The summed E-state index contributed by atoms with van der Waals surface area (Å²) in [6, 6.07) is 7.46. The molecule has 0 amide bonds. The van der Waals surface area contributed by atoms with Gasteiger partial charge in [0.25, 0.3) is 0 Å². The predicted molar refractivity (Wildman–Crippen MR) is 63.2 cm³/mol. The maximum Gasteiger partial charge on any atom is 0.150 e. The molecule has 0 aliphatic heterocycles. The number of benzene rings is 1. The van der Waals surface area contributed by atoms with Crippen molar-refractivity contribution in [2.24, 2.45) is 0 Å². The molecule has 15 heavy (non-hydrogen) atoms. The van der Waals surface area contributed by atoms with Gasteiger partial charge in [-0.25, -0.2) is 0 Å². The largest absolute Gasteiger partial charge is 0.374 e. The average molecular weight is 208 g/mol.